The average molecular weight is 905 g/mol. The Kier molecular flexibility index (Phi) is 12.8. The molecule has 0 bridgehead atoms. The van der Waals surface area contributed by atoms with Gasteiger partial charge in [0.05, 0.1) is 13.7 Å². The van der Waals surface area contributed by atoms with E-state index in [9.17, 15) is 0 Å². The smallest absolute Gasteiger partial charge is 0.121 e. The zero-order valence-electron chi connectivity index (χ0n) is 32.6. The minimum atomic E-state index is -1.36. The fourth-order valence-electron chi connectivity index (χ4n) is 7.74. The van der Waals surface area contributed by atoms with E-state index in [2.05, 4.69) is 143 Å². The zero-order chi connectivity index (χ0) is 37.0. The van der Waals surface area contributed by atoms with Crippen LogP contribution < -0.4 is 5.19 Å². The topological polar surface area (TPSA) is 38.9 Å². The van der Waals surface area contributed by atoms with E-state index in [4.69, 9.17) is 9.40 Å². The molecule has 7 aromatic rings. The maximum Gasteiger partial charge on any atom is 0.121 e. The van der Waals surface area contributed by atoms with Gasteiger partial charge < -0.3 is 14.4 Å². The largest absolute Gasteiger partial charge is 0.501 e. The third kappa shape index (κ3) is 9.03. The Labute approximate surface area is 337 Å². The summed E-state index contributed by atoms with van der Waals surface area (Å²) in [4.78, 5) is 9.42. The molecule has 3 heterocycles. The molecule has 1 unspecified atom stereocenters. The van der Waals surface area contributed by atoms with Crippen LogP contribution in [0, 0.1) is 24.0 Å². The Morgan fingerprint density at radius 3 is 2.24 bits per heavy atom. The molecule has 0 N–H and O–H groups in total. The molecule has 8 rings (SSSR count). The standard InChI is InChI=1S/C28H24NO.C21H28NSi.Ir/c1-18(2)19(3)21-14-15-29-26(16-21)25-11-7-10-24-23-13-12-22(17-27(23)30-28(24)25)20-8-5-4-6-9-20;1-23(2,3)21-16-22-20(18-12-8-5-9-13-18)15-19(21)14-17-10-6-4-7-11-17;/h4-10,12-19H,1-3H3;5,8-9,12,15-17H,4,6-7,10-11,14H2,1-3H3;/q2*-1;. The van der Waals surface area contributed by atoms with E-state index in [0.717, 1.165) is 55.9 Å². The Morgan fingerprint density at radius 2 is 1.52 bits per heavy atom. The first-order chi connectivity index (χ1) is 25.7. The fraction of sp³-hybridized carbons (Fsp3) is 0.306. The van der Waals surface area contributed by atoms with Gasteiger partial charge in [-0.1, -0.05) is 149 Å². The van der Waals surface area contributed by atoms with E-state index in [1.807, 2.05) is 30.5 Å². The van der Waals surface area contributed by atoms with Crippen LogP contribution in [0.1, 0.15) is 69.9 Å². The summed E-state index contributed by atoms with van der Waals surface area (Å²) in [5.41, 5.74) is 10.9. The van der Waals surface area contributed by atoms with E-state index in [1.165, 1.54) is 49.7 Å². The van der Waals surface area contributed by atoms with Crippen LogP contribution >= 0.6 is 0 Å². The van der Waals surface area contributed by atoms with Crippen LogP contribution in [0.3, 0.4) is 0 Å². The molecule has 54 heavy (non-hydrogen) atoms. The van der Waals surface area contributed by atoms with Crippen molar-refractivity contribution in [2.45, 2.75) is 84.9 Å². The van der Waals surface area contributed by atoms with Crippen LogP contribution in [0.2, 0.25) is 19.6 Å². The van der Waals surface area contributed by atoms with Crippen molar-refractivity contribution in [1.82, 2.24) is 9.97 Å². The number of hydrogen-bond donors (Lipinski definition) is 0. The maximum atomic E-state index is 6.38. The second-order valence-corrected chi connectivity index (χ2v) is 21.3. The third-order valence-corrected chi connectivity index (χ3v) is 13.2. The summed E-state index contributed by atoms with van der Waals surface area (Å²) in [6.45, 7) is 14.1. The van der Waals surface area contributed by atoms with E-state index >= 15 is 0 Å². The van der Waals surface area contributed by atoms with Crippen LogP contribution in [0.5, 0.6) is 0 Å². The first kappa shape index (κ1) is 39.5. The Morgan fingerprint density at radius 1 is 0.741 bits per heavy atom. The molecule has 0 saturated heterocycles. The summed E-state index contributed by atoms with van der Waals surface area (Å²) in [7, 11) is -1.36. The number of aromatic nitrogens is 2. The summed E-state index contributed by atoms with van der Waals surface area (Å²) >= 11 is 0. The number of fused-ring (bicyclic) bond motifs is 3. The first-order valence-corrected chi connectivity index (χ1v) is 23.0. The first-order valence-electron chi connectivity index (χ1n) is 19.5. The predicted octanol–water partition coefficient (Wildman–Crippen LogP) is 13.1. The van der Waals surface area contributed by atoms with Gasteiger partial charge >= 0.3 is 0 Å². The van der Waals surface area contributed by atoms with Crippen molar-refractivity contribution in [2.75, 3.05) is 0 Å². The summed E-state index contributed by atoms with van der Waals surface area (Å²) in [5.74, 6) is 1.91. The fourth-order valence-corrected chi connectivity index (χ4v) is 9.33. The summed E-state index contributed by atoms with van der Waals surface area (Å²) in [6.07, 6.45) is 12.4. The van der Waals surface area contributed by atoms with Gasteiger partial charge in [-0.05, 0) is 64.0 Å². The summed E-state index contributed by atoms with van der Waals surface area (Å²) in [6, 6.07) is 42.4. The summed E-state index contributed by atoms with van der Waals surface area (Å²) < 4.78 is 6.38. The number of hydrogen-bond acceptors (Lipinski definition) is 3. The van der Waals surface area contributed by atoms with Crippen molar-refractivity contribution >= 4 is 35.2 Å². The molecule has 1 saturated carbocycles. The van der Waals surface area contributed by atoms with Crippen LogP contribution in [0.15, 0.2) is 120 Å². The molecule has 4 aromatic carbocycles. The van der Waals surface area contributed by atoms with Gasteiger partial charge in [0.1, 0.15) is 5.58 Å². The van der Waals surface area contributed by atoms with Crippen molar-refractivity contribution < 1.29 is 24.5 Å². The van der Waals surface area contributed by atoms with E-state index < -0.39 is 8.07 Å². The third-order valence-electron chi connectivity index (χ3n) is 11.1. The second kappa shape index (κ2) is 17.5. The Hall–Kier alpha value is -4.15. The van der Waals surface area contributed by atoms with Crippen LogP contribution in [0.25, 0.3) is 55.6 Å². The monoisotopic (exact) mass is 905 g/mol. The summed E-state index contributed by atoms with van der Waals surface area (Å²) in [5, 5.41) is 3.76. The van der Waals surface area contributed by atoms with Crippen molar-refractivity contribution in [3.8, 4) is 33.6 Å². The van der Waals surface area contributed by atoms with Gasteiger partial charge in [0.25, 0.3) is 0 Å². The minimum absolute atomic E-state index is 0. The van der Waals surface area contributed by atoms with E-state index in [0.29, 0.717) is 11.8 Å². The quantitative estimate of drug-likeness (QED) is 0.113. The predicted molar refractivity (Wildman–Crippen MR) is 226 cm³/mol. The molecule has 3 aromatic heterocycles. The average Bonchev–Trinajstić information content (AvgIpc) is 3.57. The second-order valence-electron chi connectivity index (χ2n) is 16.2. The van der Waals surface area contributed by atoms with Gasteiger partial charge in [-0.15, -0.1) is 54.1 Å². The molecule has 1 atom stereocenters. The van der Waals surface area contributed by atoms with Gasteiger partial charge in [-0.3, -0.25) is 0 Å². The number of pyridine rings is 2. The number of benzene rings is 4. The van der Waals surface area contributed by atoms with Gasteiger partial charge in [0.15, 0.2) is 0 Å². The molecule has 1 aliphatic rings. The number of rotatable bonds is 8. The van der Waals surface area contributed by atoms with E-state index in [1.54, 1.807) is 10.8 Å². The molecular formula is C49H52IrN2OSi-2. The van der Waals surface area contributed by atoms with Gasteiger partial charge in [0.2, 0.25) is 0 Å². The minimum Gasteiger partial charge on any atom is -0.501 e. The molecule has 3 nitrogen and oxygen atoms in total. The SMILES string of the molecule is CC(C)C(C)c1ccnc(-c2[c-]ccc3c2oc2cc(-c4ccccc4)ccc23)c1.C[Si](C)(C)c1cnc(-c2[c-]cccc2)cc1CC1CCCCC1.[Ir]. The van der Waals surface area contributed by atoms with Crippen molar-refractivity contribution in [3.05, 3.63) is 139 Å². The number of nitrogens with zero attached hydrogens (tertiary/aromatic N) is 2. The molecular weight excluding hydrogens is 853 g/mol. The molecule has 0 amide bonds. The van der Waals surface area contributed by atoms with Crippen molar-refractivity contribution in [3.63, 3.8) is 0 Å². The molecule has 279 valence electrons. The molecule has 1 fully saturated rings. The normalized spacial score (nSPS) is 14.1. The molecule has 0 spiro atoms. The zero-order valence-corrected chi connectivity index (χ0v) is 36.0. The molecule has 0 aliphatic heterocycles. The van der Waals surface area contributed by atoms with Crippen molar-refractivity contribution in [2.24, 2.45) is 11.8 Å². The maximum absolute atomic E-state index is 6.38. The van der Waals surface area contributed by atoms with Gasteiger partial charge in [-0.25, -0.2) is 0 Å². The van der Waals surface area contributed by atoms with Crippen LogP contribution in [0.4, 0.5) is 0 Å². The van der Waals surface area contributed by atoms with Gasteiger partial charge in [-0.2, -0.15) is 0 Å². The molecule has 1 radical (unpaired) electrons. The van der Waals surface area contributed by atoms with Gasteiger partial charge in [0, 0.05) is 37.9 Å². The Bertz CT molecular complexity index is 2290. The molecule has 5 heteroatoms. The van der Waals surface area contributed by atoms with E-state index in [-0.39, 0.29) is 20.1 Å². The van der Waals surface area contributed by atoms with Crippen molar-refractivity contribution in [1.29, 1.82) is 0 Å². The Balaban J connectivity index is 0.000000187. The van der Waals surface area contributed by atoms with Crippen LogP contribution in [-0.2, 0) is 26.5 Å². The molecule has 1 aliphatic carbocycles. The number of furan rings is 1. The van der Waals surface area contributed by atoms with Crippen LogP contribution in [-0.4, -0.2) is 18.0 Å².